The third-order valence-corrected chi connectivity index (χ3v) is 4.10. The topological polar surface area (TPSA) is 72.0 Å². The van der Waals surface area contributed by atoms with E-state index in [1.807, 2.05) is 0 Å². The molecule has 0 spiro atoms. The van der Waals surface area contributed by atoms with Gasteiger partial charge in [-0.15, -0.1) is 0 Å². The summed E-state index contributed by atoms with van der Waals surface area (Å²) in [5.41, 5.74) is 0.306. The van der Waals surface area contributed by atoms with Gasteiger partial charge in [-0.2, -0.15) is 0 Å². The first-order chi connectivity index (χ1) is 11.5. The molecule has 0 unspecified atom stereocenters. The highest BCUT2D eigenvalue weighted by Crippen LogP contribution is 2.27. The number of halogens is 2. The van der Waals surface area contributed by atoms with Gasteiger partial charge in [0.15, 0.2) is 11.9 Å². The maximum absolute atomic E-state index is 12.3. The van der Waals surface area contributed by atoms with Crippen LogP contribution in [-0.2, 0) is 4.74 Å². The van der Waals surface area contributed by atoms with Crippen molar-refractivity contribution in [2.24, 2.45) is 0 Å². The molecule has 0 aliphatic heterocycles. The summed E-state index contributed by atoms with van der Waals surface area (Å²) in [4.78, 5) is 31.4. The first kappa shape index (κ1) is 16.5. The second-order valence-corrected chi connectivity index (χ2v) is 5.93. The minimum absolute atomic E-state index is 0.0795. The summed E-state index contributed by atoms with van der Waals surface area (Å²) >= 11 is 12.0. The zero-order valence-electron chi connectivity index (χ0n) is 12.5. The third-order valence-electron chi connectivity index (χ3n) is 3.47. The molecule has 2 aromatic carbocycles. The van der Waals surface area contributed by atoms with Crippen molar-refractivity contribution in [2.45, 2.75) is 13.0 Å². The zero-order valence-corrected chi connectivity index (χ0v) is 14.1. The van der Waals surface area contributed by atoms with Crippen molar-refractivity contribution in [3.8, 4) is 0 Å². The van der Waals surface area contributed by atoms with E-state index in [-0.39, 0.29) is 27.0 Å². The van der Waals surface area contributed by atoms with Crippen LogP contribution in [0.15, 0.2) is 47.3 Å². The Labute approximate surface area is 147 Å². The van der Waals surface area contributed by atoms with Gasteiger partial charge in [0.1, 0.15) is 0 Å². The average molecular weight is 363 g/mol. The average Bonchev–Trinajstić information content (AvgIpc) is 2.54. The Bertz CT molecular complexity index is 965. The highest BCUT2D eigenvalue weighted by Gasteiger charge is 2.21. The number of nitrogens with zero attached hydrogens (tertiary/aromatic N) is 1. The van der Waals surface area contributed by atoms with Gasteiger partial charge < -0.3 is 9.72 Å². The van der Waals surface area contributed by atoms with Crippen molar-refractivity contribution in [1.82, 2.24) is 9.97 Å². The van der Waals surface area contributed by atoms with Crippen LogP contribution in [0.1, 0.15) is 29.2 Å². The van der Waals surface area contributed by atoms with Crippen LogP contribution in [0.25, 0.3) is 10.9 Å². The summed E-state index contributed by atoms with van der Waals surface area (Å²) in [6.07, 6.45) is -0.776. The van der Waals surface area contributed by atoms with E-state index in [1.165, 1.54) is 0 Å². The normalized spacial score (nSPS) is 12.1. The molecule has 7 heteroatoms. The van der Waals surface area contributed by atoms with Crippen molar-refractivity contribution in [3.63, 3.8) is 0 Å². The zero-order chi connectivity index (χ0) is 17.3. The summed E-state index contributed by atoms with van der Waals surface area (Å²) in [5.74, 6) is -0.441. The SMILES string of the molecule is C[C@@H](OC(=O)c1c(Cl)cccc1Cl)c1nc2ccccc2c(=O)[nH]1. The molecule has 0 saturated heterocycles. The second-order valence-electron chi connectivity index (χ2n) is 5.11. The summed E-state index contributed by atoms with van der Waals surface area (Å²) < 4.78 is 5.35. The molecule has 0 saturated carbocycles. The van der Waals surface area contributed by atoms with Gasteiger partial charge in [0.2, 0.25) is 0 Å². The summed E-state index contributed by atoms with van der Waals surface area (Å²) in [6.45, 7) is 1.61. The summed E-state index contributed by atoms with van der Waals surface area (Å²) in [6, 6.07) is 11.6. The molecule has 1 aromatic heterocycles. The molecule has 0 radical (unpaired) electrons. The van der Waals surface area contributed by atoms with Crippen LogP contribution in [0.3, 0.4) is 0 Å². The van der Waals surface area contributed by atoms with Crippen molar-refractivity contribution in [1.29, 1.82) is 0 Å². The summed E-state index contributed by atoms with van der Waals surface area (Å²) in [5, 5.41) is 0.855. The number of aromatic amines is 1. The van der Waals surface area contributed by atoms with E-state index in [0.717, 1.165) is 0 Å². The smallest absolute Gasteiger partial charge is 0.341 e. The molecule has 0 aliphatic rings. The number of nitrogens with one attached hydrogen (secondary N) is 1. The number of rotatable bonds is 3. The van der Waals surface area contributed by atoms with Gasteiger partial charge in [0, 0.05) is 0 Å². The predicted molar refractivity (Wildman–Crippen MR) is 92.7 cm³/mol. The minimum Gasteiger partial charge on any atom is -0.451 e. The van der Waals surface area contributed by atoms with Gasteiger partial charge in [0.05, 0.1) is 26.5 Å². The number of H-pyrrole nitrogens is 1. The first-order valence-corrected chi connectivity index (χ1v) is 7.87. The van der Waals surface area contributed by atoms with Crippen molar-refractivity contribution < 1.29 is 9.53 Å². The standard InChI is InChI=1S/C17H12Cl2N2O3/c1-9(24-17(23)14-11(18)6-4-7-12(14)19)15-20-13-8-3-2-5-10(13)16(22)21-15/h2-9H,1H3,(H,20,21,22)/t9-/m1/s1. The fourth-order valence-electron chi connectivity index (χ4n) is 2.27. The number of fused-ring (bicyclic) bond motifs is 1. The molecule has 3 rings (SSSR count). The van der Waals surface area contributed by atoms with E-state index in [1.54, 1.807) is 49.4 Å². The number of carbonyl (C=O) groups excluding carboxylic acids is 1. The largest absolute Gasteiger partial charge is 0.451 e. The molecule has 24 heavy (non-hydrogen) atoms. The second kappa shape index (κ2) is 6.63. The lowest BCUT2D eigenvalue weighted by molar-refractivity contribution is 0.0320. The van der Waals surface area contributed by atoms with Crippen LogP contribution in [0.4, 0.5) is 0 Å². The molecule has 0 bridgehead atoms. The number of hydrogen-bond donors (Lipinski definition) is 1. The van der Waals surface area contributed by atoms with Gasteiger partial charge in [-0.25, -0.2) is 9.78 Å². The molecule has 0 fully saturated rings. The highest BCUT2D eigenvalue weighted by molar-refractivity contribution is 6.39. The molecule has 122 valence electrons. The molecule has 5 nitrogen and oxygen atoms in total. The number of aromatic nitrogens is 2. The summed E-state index contributed by atoms with van der Waals surface area (Å²) in [7, 11) is 0. The number of hydrogen-bond acceptors (Lipinski definition) is 4. The Balaban J connectivity index is 1.91. The number of ether oxygens (including phenoxy) is 1. The number of esters is 1. The Hall–Kier alpha value is -2.37. The molecule has 1 atom stereocenters. The Morgan fingerprint density at radius 1 is 1.12 bits per heavy atom. The number of carbonyl (C=O) groups is 1. The van der Waals surface area contributed by atoms with Gasteiger partial charge in [-0.1, -0.05) is 41.4 Å². The fraction of sp³-hybridized carbons (Fsp3) is 0.118. The van der Waals surface area contributed by atoms with Gasteiger partial charge in [-0.3, -0.25) is 4.79 Å². The van der Waals surface area contributed by atoms with Crippen molar-refractivity contribution in [2.75, 3.05) is 0 Å². The van der Waals surface area contributed by atoms with Crippen LogP contribution in [-0.4, -0.2) is 15.9 Å². The van der Waals surface area contributed by atoms with E-state index < -0.39 is 12.1 Å². The molecule has 3 aromatic rings. The molecule has 0 amide bonds. The third kappa shape index (κ3) is 3.13. The van der Waals surface area contributed by atoms with E-state index in [9.17, 15) is 9.59 Å². The maximum atomic E-state index is 12.3. The molecule has 0 aliphatic carbocycles. The van der Waals surface area contributed by atoms with Crippen LogP contribution in [0.2, 0.25) is 10.0 Å². The molecule has 1 N–H and O–H groups in total. The van der Waals surface area contributed by atoms with Crippen LogP contribution in [0.5, 0.6) is 0 Å². The predicted octanol–water partition coefficient (Wildman–Crippen LogP) is 4.15. The number of benzene rings is 2. The van der Waals surface area contributed by atoms with Crippen molar-refractivity contribution >= 4 is 40.1 Å². The minimum atomic E-state index is -0.776. The Morgan fingerprint density at radius 3 is 2.50 bits per heavy atom. The van der Waals surface area contributed by atoms with Crippen molar-refractivity contribution in [3.05, 3.63) is 74.3 Å². The molecule has 1 heterocycles. The van der Waals surface area contributed by atoms with E-state index in [2.05, 4.69) is 9.97 Å². The van der Waals surface area contributed by atoms with Gasteiger partial charge in [-0.05, 0) is 31.2 Å². The van der Waals surface area contributed by atoms with Gasteiger partial charge >= 0.3 is 5.97 Å². The Kier molecular flexibility index (Phi) is 4.55. The lowest BCUT2D eigenvalue weighted by Gasteiger charge is -2.14. The maximum Gasteiger partial charge on any atom is 0.341 e. The van der Waals surface area contributed by atoms with Gasteiger partial charge in [0.25, 0.3) is 5.56 Å². The number of para-hydroxylation sites is 1. The van der Waals surface area contributed by atoms with E-state index in [0.29, 0.717) is 10.9 Å². The first-order valence-electron chi connectivity index (χ1n) is 7.11. The highest BCUT2D eigenvalue weighted by atomic mass is 35.5. The van der Waals surface area contributed by atoms with E-state index >= 15 is 0 Å². The molecular weight excluding hydrogens is 351 g/mol. The fourth-order valence-corrected chi connectivity index (χ4v) is 2.82. The Morgan fingerprint density at radius 2 is 1.79 bits per heavy atom. The lowest BCUT2D eigenvalue weighted by atomic mass is 10.2. The molecular formula is C17H12Cl2N2O3. The quantitative estimate of drug-likeness (QED) is 0.710. The monoisotopic (exact) mass is 362 g/mol. The van der Waals surface area contributed by atoms with Crippen LogP contribution < -0.4 is 5.56 Å². The lowest BCUT2D eigenvalue weighted by Crippen LogP contribution is -2.17. The van der Waals surface area contributed by atoms with E-state index in [4.69, 9.17) is 27.9 Å². The van der Waals surface area contributed by atoms with Crippen LogP contribution >= 0.6 is 23.2 Å². The van der Waals surface area contributed by atoms with Crippen LogP contribution in [0, 0.1) is 0 Å².